The van der Waals surface area contributed by atoms with Crippen molar-refractivity contribution in [2.45, 2.75) is 13.8 Å². The van der Waals surface area contributed by atoms with Crippen molar-refractivity contribution in [3.8, 4) is 11.1 Å². The second-order valence-electron chi connectivity index (χ2n) is 4.00. The summed E-state index contributed by atoms with van der Waals surface area (Å²) in [6, 6.07) is 9.74. The fourth-order valence-electron chi connectivity index (χ4n) is 1.98. The number of aryl methyl sites for hydroxylation is 2. The van der Waals surface area contributed by atoms with Crippen LogP contribution in [-0.2, 0) is 0 Å². The number of nitrogens with zero attached hydrogens (tertiary/aromatic N) is 1. The molecule has 0 bridgehead atoms. The van der Waals surface area contributed by atoms with Gasteiger partial charge in [0, 0.05) is 6.20 Å². The predicted octanol–water partition coefficient (Wildman–Crippen LogP) is 2.46. The molecule has 3 heteroatoms. The third-order valence-corrected chi connectivity index (χ3v) is 2.82. The van der Waals surface area contributed by atoms with Crippen LogP contribution in [0.15, 0.2) is 36.5 Å². The van der Waals surface area contributed by atoms with Crippen molar-refractivity contribution >= 4 is 5.91 Å². The molecule has 0 aliphatic heterocycles. The Hall–Kier alpha value is -2.16. The summed E-state index contributed by atoms with van der Waals surface area (Å²) >= 11 is 0. The molecule has 0 unspecified atom stereocenters. The number of aromatic nitrogens is 1. The number of carbonyl (C=O) groups is 1. The summed E-state index contributed by atoms with van der Waals surface area (Å²) in [5.41, 5.74) is 9.57. The fourth-order valence-corrected chi connectivity index (χ4v) is 1.98. The Labute approximate surface area is 100 Å². The van der Waals surface area contributed by atoms with Crippen molar-refractivity contribution in [2.24, 2.45) is 5.73 Å². The molecule has 0 fully saturated rings. The maximum Gasteiger partial charge on any atom is 0.251 e. The summed E-state index contributed by atoms with van der Waals surface area (Å²) in [4.78, 5) is 15.6. The van der Waals surface area contributed by atoms with Gasteiger partial charge < -0.3 is 5.73 Å². The van der Waals surface area contributed by atoms with Crippen LogP contribution in [0.2, 0.25) is 0 Å². The molecule has 0 saturated carbocycles. The van der Waals surface area contributed by atoms with Crippen LogP contribution >= 0.6 is 0 Å². The molecule has 0 aliphatic carbocycles. The van der Waals surface area contributed by atoms with E-state index in [1.807, 2.05) is 37.3 Å². The lowest BCUT2D eigenvalue weighted by Gasteiger charge is -2.11. The van der Waals surface area contributed by atoms with Gasteiger partial charge in [-0.3, -0.25) is 9.78 Å². The second kappa shape index (κ2) is 4.37. The molecule has 0 radical (unpaired) electrons. The minimum atomic E-state index is -0.436. The Morgan fingerprint density at radius 3 is 2.47 bits per heavy atom. The Bertz CT molecular complexity index is 576. The smallest absolute Gasteiger partial charge is 0.251 e. The second-order valence-corrected chi connectivity index (χ2v) is 4.00. The van der Waals surface area contributed by atoms with E-state index in [2.05, 4.69) is 4.98 Å². The molecule has 86 valence electrons. The van der Waals surface area contributed by atoms with Gasteiger partial charge in [0.25, 0.3) is 5.91 Å². The first-order chi connectivity index (χ1) is 8.11. The summed E-state index contributed by atoms with van der Waals surface area (Å²) in [5.74, 6) is -0.436. The first-order valence-corrected chi connectivity index (χ1v) is 5.42. The molecule has 2 aromatic rings. The fraction of sp³-hybridized carbons (Fsp3) is 0.143. The van der Waals surface area contributed by atoms with Gasteiger partial charge in [0.2, 0.25) is 0 Å². The van der Waals surface area contributed by atoms with Gasteiger partial charge in [0.15, 0.2) is 0 Å². The highest BCUT2D eigenvalue weighted by Crippen LogP contribution is 2.27. The molecule has 0 spiro atoms. The van der Waals surface area contributed by atoms with E-state index in [0.29, 0.717) is 11.3 Å². The SMILES string of the molecule is Cc1ccccc1-c1ccnc(C)c1C(N)=O. The Morgan fingerprint density at radius 1 is 1.12 bits per heavy atom. The van der Waals surface area contributed by atoms with Gasteiger partial charge in [0.1, 0.15) is 0 Å². The topological polar surface area (TPSA) is 56.0 Å². The zero-order chi connectivity index (χ0) is 12.4. The number of carbonyl (C=O) groups excluding carboxylic acids is 1. The molecule has 17 heavy (non-hydrogen) atoms. The summed E-state index contributed by atoms with van der Waals surface area (Å²) < 4.78 is 0. The van der Waals surface area contributed by atoms with E-state index >= 15 is 0 Å². The molecule has 1 aromatic carbocycles. The molecule has 3 nitrogen and oxygen atoms in total. The highest BCUT2D eigenvalue weighted by molar-refractivity contribution is 6.01. The maximum atomic E-state index is 11.5. The number of hydrogen-bond donors (Lipinski definition) is 1. The number of primary amides is 1. The molecule has 2 rings (SSSR count). The highest BCUT2D eigenvalue weighted by Gasteiger charge is 2.14. The van der Waals surface area contributed by atoms with Crippen molar-refractivity contribution in [1.29, 1.82) is 0 Å². The van der Waals surface area contributed by atoms with Crippen LogP contribution in [0.25, 0.3) is 11.1 Å². The highest BCUT2D eigenvalue weighted by atomic mass is 16.1. The maximum absolute atomic E-state index is 11.5. The Kier molecular flexibility index (Phi) is 2.91. The van der Waals surface area contributed by atoms with Gasteiger partial charge in [-0.15, -0.1) is 0 Å². The van der Waals surface area contributed by atoms with Crippen molar-refractivity contribution in [3.05, 3.63) is 53.3 Å². The Morgan fingerprint density at radius 2 is 1.82 bits per heavy atom. The molecule has 1 amide bonds. The van der Waals surface area contributed by atoms with E-state index < -0.39 is 5.91 Å². The largest absolute Gasteiger partial charge is 0.366 e. The monoisotopic (exact) mass is 226 g/mol. The molecule has 1 heterocycles. The van der Waals surface area contributed by atoms with Crippen molar-refractivity contribution in [1.82, 2.24) is 4.98 Å². The van der Waals surface area contributed by atoms with E-state index in [1.165, 1.54) is 0 Å². The van der Waals surface area contributed by atoms with Crippen molar-refractivity contribution in [3.63, 3.8) is 0 Å². The van der Waals surface area contributed by atoms with Crippen LogP contribution in [0.1, 0.15) is 21.6 Å². The van der Waals surface area contributed by atoms with Crippen molar-refractivity contribution in [2.75, 3.05) is 0 Å². The summed E-state index contributed by atoms with van der Waals surface area (Å²) in [7, 11) is 0. The zero-order valence-electron chi connectivity index (χ0n) is 9.90. The number of pyridine rings is 1. The number of nitrogens with two attached hydrogens (primary N) is 1. The first kappa shape index (κ1) is 11.3. The predicted molar refractivity (Wildman–Crippen MR) is 67.7 cm³/mol. The lowest BCUT2D eigenvalue weighted by atomic mass is 9.95. The van der Waals surface area contributed by atoms with Gasteiger partial charge in [-0.2, -0.15) is 0 Å². The molecule has 2 N–H and O–H groups in total. The summed E-state index contributed by atoms with van der Waals surface area (Å²) in [6.45, 7) is 3.80. The molecule has 0 saturated heterocycles. The first-order valence-electron chi connectivity index (χ1n) is 5.42. The standard InChI is InChI=1S/C14H14N2O/c1-9-5-3-4-6-11(9)12-7-8-16-10(2)13(12)14(15)17/h3-8H,1-2H3,(H2,15,17). The average Bonchev–Trinajstić information content (AvgIpc) is 2.28. The minimum absolute atomic E-state index is 0.436. The molecule has 0 aliphatic rings. The van der Waals surface area contributed by atoms with E-state index in [1.54, 1.807) is 13.1 Å². The van der Waals surface area contributed by atoms with E-state index in [9.17, 15) is 4.79 Å². The minimum Gasteiger partial charge on any atom is -0.366 e. The normalized spacial score (nSPS) is 10.2. The third kappa shape index (κ3) is 2.04. The Balaban J connectivity index is 2.72. The third-order valence-electron chi connectivity index (χ3n) is 2.82. The summed E-state index contributed by atoms with van der Waals surface area (Å²) in [5, 5.41) is 0. The van der Waals surface area contributed by atoms with Crippen LogP contribution in [-0.4, -0.2) is 10.9 Å². The van der Waals surface area contributed by atoms with Gasteiger partial charge in [0.05, 0.1) is 11.3 Å². The molecular weight excluding hydrogens is 212 g/mol. The molecule has 0 atom stereocenters. The van der Waals surface area contributed by atoms with Crippen molar-refractivity contribution < 1.29 is 4.79 Å². The van der Waals surface area contributed by atoms with E-state index in [-0.39, 0.29) is 0 Å². The van der Waals surface area contributed by atoms with Crippen LogP contribution in [0, 0.1) is 13.8 Å². The van der Waals surface area contributed by atoms with Crippen LogP contribution < -0.4 is 5.73 Å². The van der Waals surface area contributed by atoms with E-state index in [4.69, 9.17) is 5.73 Å². The molecular formula is C14H14N2O. The summed E-state index contributed by atoms with van der Waals surface area (Å²) in [6.07, 6.45) is 1.70. The lowest BCUT2D eigenvalue weighted by Crippen LogP contribution is -2.15. The van der Waals surface area contributed by atoms with Gasteiger partial charge in [-0.25, -0.2) is 0 Å². The van der Waals surface area contributed by atoms with Gasteiger partial charge >= 0.3 is 0 Å². The van der Waals surface area contributed by atoms with E-state index in [0.717, 1.165) is 16.7 Å². The van der Waals surface area contributed by atoms with Crippen LogP contribution in [0.3, 0.4) is 0 Å². The number of amides is 1. The van der Waals surface area contributed by atoms with Crippen LogP contribution in [0.4, 0.5) is 0 Å². The van der Waals surface area contributed by atoms with Crippen LogP contribution in [0.5, 0.6) is 0 Å². The zero-order valence-corrected chi connectivity index (χ0v) is 9.90. The average molecular weight is 226 g/mol. The number of benzene rings is 1. The lowest BCUT2D eigenvalue weighted by molar-refractivity contribution is 0.1000. The number of hydrogen-bond acceptors (Lipinski definition) is 2. The van der Waals surface area contributed by atoms with Gasteiger partial charge in [-0.05, 0) is 36.6 Å². The quantitative estimate of drug-likeness (QED) is 0.855. The van der Waals surface area contributed by atoms with Gasteiger partial charge in [-0.1, -0.05) is 24.3 Å². The number of rotatable bonds is 2. The molecule has 1 aromatic heterocycles.